The predicted octanol–water partition coefficient (Wildman–Crippen LogP) is 5.27. The molecule has 2 aliphatic heterocycles. The van der Waals surface area contributed by atoms with Crippen LogP contribution in [0.2, 0.25) is 0 Å². The number of rotatable bonds is 0. The van der Waals surface area contributed by atoms with E-state index >= 15 is 0 Å². The van der Waals surface area contributed by atoms with Gasteiger partial charge in [0.1, 0.15) is 34.7 Å². The minimum absolute atomic E-state index is 0.103. The van der Waals surface area contributed by atoms with Crippen molar-refractivity contribution in [1.29, 1.82) is 0 Å². The zero-order valence-corrected chi connectivity index (χ0v) is 43.2. The molecule has 27 heteroatoms. The van der Waals surface area contributed by atoms with Gasteiger partial charge in [0.25, 0.3) is 40.3 Å². The number of aromatic amines is 5. The van der Waals surface area contributed by atoms with Crippen LogP contribution in [0.1, 0.15) is 52.7 Å². The van der Waals surface area contributed by atoms with Gasteiger partial charge in [-0.2, -0.15) is 0 Å². The Labute approximate surface area is 468 Å². The average molecular weight is 1120 g/mol. The van der Waals surface area contributed by atoms with Gasteiger partial charge in [0, 0.05) is 50.7 Å². The Hall–Kier alpha value is -12.7. The quantitative estimate of drug-likeness (QED) is 0.0440. The molecule has 4 amide bonds. The summed E-state index contributed by atoms with van der Waals surface area (Å²) in [6, 6.07) is 28.5. The monoisotopic (exact) mass is 1120 g/mol. The van der Waals surface area contributed by atoms with Gasteiger partial charge in [-0.3, -0.25) is 58.6 Å². The molecule has 406 valence electrons. The van der Waals surface area contributed by atoms with Crippen LogP contribution in [0.3, 0.4) is 0 Å². The second kappa shape index (κ2) is 18.2. The van der Waals surface area contributed by atoms with Gasteiger partial charge in [0.15, 0.2) is 33.9 Å². The highest BCUT2D eigenvalue weighted by molar-refractivity contribution is 6.33. The number of nitrogens with one attached hydrogen (secondary N) is 7. The molecule has 6 aromatic carbocycles. The molecule has 27 nitrogen and oxygen atoms in total. The molecule has 0 radical (unpaired) electrons. The van der Waals surface area contributed by atoms with Crippen LogP contribution in [0.5, 0.6) is 0 Å². The van der Waals surface area contributed by atoms with Crippen LogP contribution < -0.4 is 27.3 Å². The SMILES string of the molecule is O=C1NC(=O)c2ccc3c4c(ccc1c24)C(=O)NC3=O.O=c1[nH]c2nc3ccccc3c(=O)n2c2c1CC=CC2.O=c1[nH]c2nc3ccccc3n2c2ccccc12.c1nc2nc3c4nc5ncnc5nc4c4[nH]c5[nH]cnc5[nH]c4c3nc2n1. The minimum atomic E-state index is -0.523. The second-order valence-electron chi connectivity index (χ2n) is 19.7. The lowest BCUT2D eigenvalue weighted by molar-refractivity contribution is 0.0823. The molecule has 0 bridgehead atoms. The van der Waals surface area contributed by atoms with E-state index in [-0.39, 0.29) is 16.7 Å². The number of nitrogens with zero attached hydrogens (tertiary/aromatic N) is 13. The van der Waals surface area contributed by atoms with E-state index in [1.807, 2.05) is 77.2 Å². The fourth-order valence-electron chi connectivity index (χ4n) is 11.2. The number of hydrogen-bond donors (Lipinski definition) is 7. The van der Waals surface area contributed by atoms with Crippen LogP contribution in [0.4, 0.5) is 0 Å². The molecule has 0 fully saturated rings. The predicted molar refractivity (Wildman–Crippen MR) is 309 cm³/mol. The average Bonchev–Trinajstić information content (AvgIpc) is 1.99. The highest BCUT2D eigenvalue weighted by Gasteiger charge is 2.33. The van der Waals surface area contributed by atoms with Crippen LogP contribution in [-0.2, 0) is 12.8 Å². The molecule has 0 atom stereocenters. The van der Waals surface area contributed by atoms with Gasteiger partial charge in [0.05, 0.1) is 50.2 Å². The maximum atomic E-state index is 12.6. The van der Waals surface area contributed by atoms with Crippen LogP contribution in [0.25, 0.3) is 122 Å². The summed E-state index contributed by atoms with van der Waals surface area (Å²) in [4.78, 5) is 148. The van der Waals surface area contributed by atoms with Gasteiger partial charge in [-0.05, 0) is 67.1 Å². The minimum Gasteiger partial charge on any atom is -0.335 e. The number of carbonyl (C=O) groups excluding carboxylic acids is 4. The first kappa shape index (κ1) is 48.2. The molecular formula is C58H32N20O7. The Morgan fingerprint density at radius 1 is 0.424 bits per heavy atom. The number of fused-ring (bicyclic) bond motifs is 18. The van der Waals surface area contributed by atoms with E-state index in [4.69, 9.17) is 0 Å². The highest BCUT2D eigenvalue weighted by atomic mass is 16.2. The van der Waals surface area contributed by atoms with Gasteiger partial charge in [-0.25, -0.2) is 59.2 Å². The molecule has 85 heavy (non-hydrogen) atoms. The number of aromatic nitrogens is 18. The number of imidazole rings is 4. The lowest BCUT2D eigenvalue weighted by Crippen LogP contribution is -2.38. The van der Waals surface area contributed by atoms with E-state index in [0.29, 0.717) is 141 Å². The van der Waals surface area contributed by atoms with Crippen LogP contribution in [-0.4, -0.2) is 112 Å². The van der Waals surface area contributed by atoms with E-state index in [1.165, 1.54) is 41.3 Å². The van der Waals surface area contributed by atoms with E-state index in [0.717, 1.165) is 27.9 Å². The summed E-state index contributed by atoms with van der Waals surface area (Å²) in [5.74, 6) is -1.20. The van der Waals surface area contributed by atoms with E-state index in [9.17, 15) is 33.6 Å². The van der Waals surface area contributed by atoms with Crippen LogP contribution in [0, 0.1) is 0 Å². The smallest absolute Gasteiger partial charge is 0.267 e. The summed E-state index contributed by atoms with van der Waals surface area (Å²) in [6.45, 7) is 0. The van der Waals surface area contributed by atoms with Gasteiger partial charge < -0.3 is 15.0 Å². The van der Waals surface area contributed by atoms with Crippen molar-refractivity contribution in [1.82, 2.24) is 99.2 Å². The summed E-state index contributed by atoms with van der Waals surface area (Å²) in [5.41, 5.74) is 12.5. The molecule has 0 saturated heterocycles. The largest absolute Gasteiger partial charge is 0.335 e. The third-order valence-corrected chi connectivity index (χ3v) is 15.0. The van der Waals surface area contributed by atoms with Crippen molar-refractivity contribution in [3.63, 3.8) is 0 Å². The summed E-state index contributed by atoms with van der Waals surface area (Å²) >= 11 is 0. The van der Waals surface area contributed by atoms with Gasteiger partial charge in [-0.15, -0.1) is 0 Å². The molecule has 7 N–H and O–H groups in total. The Morgan fingerprint density at radius 3 is 1.54 bits per heavy atom. The normalized spacial score (nSPS) is 13.5. The van der Waals surface area contributed by atoms with E-state index in [2.05, 4.69) is 90.4 Å². The first-order chi connectivity index (χ1) is 41.5. The molecular weight excluding hydrogens is 1090 g/mol. The fourth-order valence-corrected chi connectivity index (χ4v) is 11.2. The number of imide groups is 2. The van der Waals surface area contributed by atoms with Crippen LogP contribution >= 0.6 is 0 Å². The summed E-state index contributed by atoms with van der Waals surface area (Å²) in [5, 5.41) is 6.44. The standard InChI is InChI=1S/C15H6N12.C15H11N3O2.C14H9N3O.C14H6N2O4/c1-16-10-11(17-1)23-5-4(22-10)6-8(26-14-12(24-6)18-2-20-14)9-7(5)25-13-15(27-9)21-3-19-13;19-13-10-6-2-4-8-12(10)18-14(20)9-5-1-3-7-11(9)16-15(18)17-13;18-13-9-5-1-3-7-11(9)17-12-8-4-2-6-10(12)15-14(17)16-13;17-11-5-1-2-6-10-8(14(20)16-12(6)18)4-3-7(9(5)10)13(19)15-11/h1-3,22-23H,(H,16,17);1-5,7H,6,8H2,(H,16,17,19);1-8H,(H,15,16,18);1-4H,(H,15,17,19)(H,16,18,20). The number of allylic oxidation sites excluding steroid dienone is 2. The van der Waals surface area contributed by atoms with E-state index < -0.39 is 23.6 Å². The van der Waals surface area contributed by atoms with Crippen molar-refractivity contribution in [2.24, 2.45) is 0 Å². The summed E-state index contributed by atoms with van der Waals surface area (Å²) in [6.07, 6.45) is 9.52. The second-order valence-corrected chi connectivity index (χ2v) is 19.7. The van der Waals surface area contributed by atoms with Crippen molar-refractivity contribution >= 4 is 146 Å². The van der Waals surface area contributed by atoms with Gasteiger partial charge >= 0.3 is 0 Å². The summed E-state index contributed by atoms with van der Waals surface area (Å²) in [7, 11) is 0. The number of H-pyrrole nitrogens is 5. The number of hydrogen-bond acceptors (Lipinski definition) is 18. The molecule has 0 unspecified atom stereocenters. The van der Waals surface area contributed by atoms with Crippen molar-refractivity contribution in [3.05, 3.63) is 193 Å². The number of amides is 4. The molecule has 3 aliphatic rings. The molecule has 16 aromatic rings. The van der Waals surface area contributed by atoms with Gasteiger partial charge in [-0.1, -0.05) is 48.6 Å². The Morgan fingerprint density at radius 2 is 0.918 bits per heavy atom. The third kappa shape index (κ3) is 7.39. The zero-order valence-electron chi connectivity index (χ0n) is 43.2. The first-order valence-electron chi connectivity index (χ1n) is 26.1. The molecule has 12 heterocycles. The lowest BCUT2D eigenvalue weighted by Gasteiger charge is -2.22. The van der Waals surface area contributed by atoms with Crippen molar-refractivity contribution in [2.45, 2.75) is 12.8 Å². The third-order valence-electron chi connectivity index (χ3n) is 15.0. The fraction of sp³-hybridized carbons (Fsp3) is 0.0345. The molecule has 0 saturated carbocycles. The Balaban J connectivity index is 0.0000000935. The lowest BCUT2D eigenvalue weighted by atomic mass is 9.87. The molecule has 1 aliphatic carbocycles. The zero-order chi connectivity index (χ0) is 57.4. The number of benzene rings is 6. The Bertz CT molecular complexity index is 5460. The van der Waals surface area contributed by atoms with Crippen molar-refractivity contribution < 1.29 is 19.2 Å². The molecule has 10 aromatic heterocycles. The molecule has 19 rings (SSSR count). The van der Waals surface area contributed by atoms with Crippen LogP contribution in [0.15, 0.2) is 143 Å². The maximum absolute atomic E-state index is 12.6. The topological polar surface area (TPSA) is 373 Å². The highest BCUT2D eigenvalue weighted by Crippen LogP contribution is 2.35. The molecule has 0 spiro atoms. The number of para-hydroxylation sites is 4. The Kier molecular flexibility index (Phi) is 10.3. The first-order valence-corrected chi connectivity index (χ1v) is 26.1. The van der Waals surface area contributed by atoms with E-state index in [1.54, 1.807) is 18.5 Å². The number of carbonyl (C=O) groups is 4. The van der Waals surface area contributed by atoms with Crippen molar-refractivity contribution in [2.75, 3.05) is 0 Å². The van der Waals surface area contributed by atoms with Crippen molar-refractivity contribution in [3.8, 4) is 0 Å². The van der Waals surface area contributed by atoms with Gasteiger partial charge in [0.2, 0.25) is 11.6 Å². The maximum Gasteiger partial charge on any atom is 0.267 e. The summed E-state index contributed by atoms with van der Waals surface area (Å²) < 4.78 is 3.51.